The SMILES string of the molecule is CNc1ccc(S(=O)(=O)N(C)CCOc2ccccc2)cc1[N+](=O)[O-]. The number of benzene rings is 2. The van der Waals surface area contributed by atoms with Crippen LogP contribution in [0.5, 0.6) is 5.75 Å². The lowest BCUT2D eigenvalue weighted by molar-refractivity contribution is -0.384. The van der Waals surface area contributed by atoms with Gasteiger partial charge in [0.05, 0.1) is 9.82 Å². The van der Waals surface area contributed by atoms with Crippen molar-refractivity contribution < 1.29 is 18.1 Å². The van der Waals surface area contributed by atoms with Crippen LogP contribution in [-0.4, -0.2) is 44.9 Å². The summed E-state index contributed by atoms with van der Waals surface area (Å²) in [5.74, 6) is 0.641. The molecule has 0 heterocycles. The number of hydrogen-bond donors (Lipinski definition) is 1. The number of nitrogens with one attached hydrogen (secondary N) is 1. The highest BCUT2D eigenvalue weighted by molar-refractivity contribution is 7.89. The number of anilines is 1. The van der Waals surface area contributed by atoms with Crippen molar-refractivity contribution in [2.24, 2.45) is 0 Å². The fourth-order valence-corrected chi connectivity index (χ4v) is 3.32. The molecule has 25 heavy (non-hydrogen) atoms. The quantitative estimate of drug-likeness (QED) is 0.569. The van der Waals surface area contributed by atoms with Crippen LogP contribution in [0.3, 0.4) is 0 Å². The van der Waals surface area contributed by atoms with Crippen molar-refractivity contribution in [3.63, 3.8) is 0 Å². The zero-order chi connectivity index (χ0) is 18.4. The number of ether oxygens (including phenoxy) is 1. The first kappa shape index (κ1) is 18.7. The molecule has 0 aromatic heterocycles. The third-order valence-corrected chi connectivity index (χ3v) is 5.41. The van der Waals surface area contributed by atoms with Crippen molar-refractivity contribution in [2.75, 3.05) is 32.6 Å². The Morgan fingerprint density at radius 2 is 1.88 bits per heavy atom. The molecule has 0 aliphatic rings. The fraction of sp³-hybridized carbons (Fsp3) is 0.250. The Kier molecular flexibility index (Phi) is 5.94. The van der Waals surface area contributed by atoms with Crippen LogP contribution in [0.4, 0.5) is 11.4 Å². The van der Waals surface area contributed by atoms with E-state index in [1.165, 1.54) is 26.2 Å². The average Bonchev–Trinajstić information content (AvgIpc) is 2.61. The van der Waals surface area contributed by atoms with Gasteiger partial charge in [-0.15, -0.1) is 0 Å². The van der Waals surface area contributed by atoms with E-state index in [0.29, 0.717) is 5.75 Å². The van der Waals surface area contributed by atoms with E-state index in [4.69, 9.17) is 4.74 Å². The van der Waals surface area contributed by atoms with Crippen molar-refractivity contribution in [3.05, 3.63) is 58.6 Å². The Morgan fingerprint density at radius 1 is 1.20 bits per heavy atom. The summed E-state index contributed by atoms with van der Waals surface area (Å²) in [5, 5.41) is 13.8. The summed E-state index contributed by atoms with van der Waals surface area (Å²) in [6, 6.07) is 12.8. The lowest BCUT2D eigenvalue weighted by Crippen LogP contribution is -2.31. The first-order chi connectivity index (χ1) is 11.9. The number of sulfonamides is 1. The lowest BCUT2D eigenvalue weighted by atomic mass is 10.3. The standard InChI is InChI=1S/C16H19N3O5S/c1-17-15-9-8-14(12-16(15)19(20)21)25(22,23)18(2)10-11-24-13-6-4-3-5-7-13/h3-9,12,17H,10-11H2,1-2H3. The first-order valence-electron chi connectivity index (χ1n) is 7.46. The molecule has 0 atom stereocenters. The lowest BCUT2D eigenvalue weighted by Gasteiger charge is -2.17. The van der Waals surface area contributed by atoms with Crippen molar-refractivity contribution in [1.29, 1.82) is 0 Å². The van der Waals surface area contributed by atoms with E-state index in [0.717, 1.165) is 10.4 Å². The van der Waals surface area contributed by atoms with Gasteiger partial charge in [-0.05, 0) is 24.3 Å². The predicted octanol–water partition coefficient (Wildman–Crippen LogP) is 2.34. The first-order valence-corrected chi connectivity index (χ1v) is 8.90. The van der Waals surface area contributed by atoms with Crippen molar-refractivity contribution in [2.45, 2.75) is 4.90 Å². The summed E-state index contributed by atoms with van der Waals surface area (Å²) in [7, 11) is -0.918. The molecule has 0 radical (unpaired) electrons. The minimum atomic E-state index is -3.85. The van der Waals surface area contributed by atoms with E-state index in [-0.39, 0.29) is 29.4 Å². The number of hydrogen-bond acceptors (Lipinski definition) is 6. The molecule has 0 fully saturated rings. The van der Waals surface area contributed by atoms with Crippen molar-refractivity contribution in [3.8, 4) is 5.75 Å². The molecule has 0 spiro atoms. The molecule has 2 aromatic rings. The zero-order valence-electron chi connectivity index (χ0n) is 13.9. The normalized spacial score (nSPS) is 11.3. The Balaban J connectivity index is 2.11. The third kappa shape index (κ3) is 4.46. The molecule has 0 saturated heterocycles. The molecular weight excluding hydrogens is 346 g/mol. The fourth-order valence-electron chi connectivity index (χ4n) is 2.14. The van der Waals surface area contributed by atoms with E-state index in [1.54, 1.807) is 12.1 Å². The Bertz CT molecular complexity index is 840. The number of nitrogens with zero attached hydrogens (tertiary/aromatic N) is 2. The molecule has 0 aliphatic heterocycles. The Hall–Kier alpha value is -2.65. The van der Waals surface area contributed by atoms with E-state index >= 15 is 0 Å². The molecule has 8 nitrogen and oxygen atoms in total. The molecule has 2 rings (SSSR count). The molecule has 1 N–H and O–H groups in total. The van der Waals surface area contributed by atoms with Crippen LogP contribution in [0.15, 0.2) is 53.4 Å². The maximum Gasteiger partial charge on any atom is 0.293 e. The Labute approximate surface area is 146 Å². The van der Waals surface area contributed by atoms with Gasteiger partial charge in [0.2, 0.25) is 10.0 Å². The maximum absolute atomic E-state index is 12.6. The van der Waals surface area contributed by atoms with Crippen LogP contribution in [0.2, 0.25) is 0 Å². The topological polar surface area (TPSA) is 102 Å². The van der Waals surface area contributed by atoms with Crippen LogP contribution in [0.1, 0.15) is 0 Å². The second-order valence-corrected chi connectivity index (χ2v) is 7.22. The highest BCUT2D eigenvalue weighted by Crippen LogP contribution is 2.28. The summed E-state index contributed by atoms with van der Waals surface area (Å²) in [5.41, 5.74) is -0.0449. The summed E-state index contributed by atoms with van der Waals surface area (Å²) < 4.78 is 31.7. The number of nitro benzene ring substituents is 1. The minimum absolute atomic E-state index is 0.110. The van der Waals surface area contributed by atoms with E-state index in [9.17, 15) is 18.5 Å². The van der Waals surface area contributed by atoms with Crippen LogP contribution in [0, 0.1) is 10.1 Å². The van der Waals surface area contributed by atoms with Gasteiger partial charge < -0.3 is 10.1 Å². The van der Waals surface area contributed by atoms with Gasteiger partial charge in [-0.3, -0.25) is 10.1 Å². The van der Waals surface area contributed by atoms with Gasteiger partial charge in [0.15, 0.2) is 0 Å². The molecule has 0 aliphatic carbocycles. The van der Waals surface area contributed by atoms with Gasteiger partial charge in [-0.25, -0.2) is 8.42 Å². The van der Waals surface area contributed by atoms with Crippen molar-refractivity contribution >= 4 is 21.4 Å². The van der Waals surface area contributed by atoms with E-state index < -0.39 is 14.9 Å². The Morgan fingerprint density at radius 3 is 2.48 bits per heavy atom. The van der Waals surface area contributed by atoms with Gasteiger partial charge in [-0.2, -0.15) is 4.31 Å². The van der Waals surface area contributed by atoms with Gasteiger partial charge in [0.1, 0.15) is 18.0 Å². The van der Waals surface area contributed by atoms with Gasteiger partial charge in [-0.1, -0.05) is 18.2 Å². The van der Waals surface area contributed by atoms with Gasteiger partial charge in [0, 0.05) is 26.7 Å². The second kappa shape index (κ2) is 7.95. The van der Waals surface area contributed by atoms with E-state index in [1.807, 2.05) is 18.2 Å². The molecule has 0 saturated carbocycles. The van der Waals surface area contributed by atoms with Crippen LogP contribution < -0.4 is 10.1 Å². The highest BCUT2D eigenvalue weighted by Gasteiger charge is 2.24. The van der Waals surface area contributed by atoms with E-state index in [2.05, 4.69) is 5.32 Å². The molecule has 0 unspecified atom stereocenters. The molecule has 0 amide bonds. The number of likely N-dealkylation sites (N-methyl/N-ethyl adjacent to an activating group) is 1. The number of para-hydroxylation sites is 1. The molecule has 2 aromatic carbocycles. The van der Waals surface area contributed by atoms with Crippen molar-refractivity contribution in [1.82, 2.24) is 4.31 Å². The molecular formula is C16H19N3O5S. The summed E-state index contributed by atoms with van der Waals surface area (Å²) >= 11 is 0. The summed E-state index contributed by atoms with van der Waals surface area (Å²) in [6.07, 6.45) is 0. The van der Waals surface area contributed by atoms with Gasteiger partial charge >= 0.3 is 0 Å². The smallest absolute Gasteiger partial charge is 0.293 e. The van der Waals surface area contributed by atoms with Crippen LogP contribution in [0.25, 0.3) is 0 Å². The third-order valence-electron chi connectivity index (χ3n) is 3.56. The number of rotatable bonds is 8. The second-order valence-electron chi connectivity index (χ2n) is 5.17. The monoisotopic (exact) mass is 365 g/mol. The highest BCUT2D eigenvalue weighted by atomic mass is 32.2. The molecule has 0 bridgehead atoms. The molecule has 9 heteroatoms. The number of nitro groups is 1. The zero-order valence-corrected chi connectivity index (χ0v) is 14.7. The average molecular weight is 365 g/mol. The minimum Gasteiger partial charge on any atom is -0.492 e. The predicted molar refractivity (Wildman–Crippen MR) is 94.4 cm³/mol. The van der Waals surface area contributed by atoms with Gasteiger partial charge in [0.25, 0.3) is 5.69 Å². The van der Waals surface area contributed by atoms with Crippen LogP contribution in [-0.2, 0) is 10.0 Å². The largest absolute Gasteiger partial charge is 0.492 e. The maximum atomic E-state index is 12.6. The summed E-state index contributed by atoms with van der Waals surface area (Å²) in [4.78, 5) is 10.3. The summed E-state index contributed by atoms with van der Waals surface area (Å²) in [6.45, 7) is 0.273. The van der Waals surface area contributed by atoms with Crippen LogP contribution >= 0.6 is 0 Å². The molecule has 134 valence electrons.